The van der Waals surface area contributed by atoms with Crippen LogP contribution in [0.1, 0.15) is 33.3 Å². The van der Waals surface area contributed by atoms with E-state index in [1.54, 1.807) is 61.5 Å². The van der Waals surface area contributed by atoms with Gasteiger partial charge in [0.2, 0.25) is 11.8 Å². The van der Waals surface area contributed by atoms with E-state index in [0.717, 1.165) is 14.2 Å². The monoisotopic (exact) mass is 508 g/mol. The zero-order valence-corrected chi connectivity index (χ0v) is 22.0. The van der Waals surface area contributed by atoms with Crippen LogP contribution in [0.25, 0.3) is 0 Å². The first kappa shape index (κ1) is 27.6. The van der Waals surface area contributed by atoms with Gasteiger partial charge >= 0.3 is 10.2 Å². The maximum absolute atomic E-state index is 13.6. The first-order chi connectivity index (χ1) is 15.7. The van der Waals surface area contributed by atoms with Crippen molar-refractivity contribution in [3.8, 4) is 0 Å². The average Bonchev–Trinajstić information content (AvgIpc) is 2.75. The number of nitrogens with one attached hydrogen (secondary N) is 1. The van der Waals surface area contributed by atoms with Crippen molar-refractivity contribution in [1.29, 1.82) is 0 Å². The average molecular weight is 509 g/mol. The number of anilines is 1. The molecule has 0 fully saturated rings. The molecule has 0 aliphatic rings. The Bertz CT molecular complexity index is 1080. The molecule has 0 aliphatic heterocycles. The number of rotatable bonds is 9. The highest BCUT2D eigenvalue weighted by Gasteiger charge is 2.33. The molecule has 0 saturated heterocycles. The van der Waals surface area contributed by atoms with Crippen molar-refractivity contribution < 1.29 is 18.0 Å². The number of benzene rings is 2. The second kappa shape index (κ2) is 11.2. The lowest BCUT2D eigenvalue weighted by Gasteiger charge is -2.34. The quantitative estimate of drug-likeness (QED) is 0.562. The first-order valence-electron chi connectivity index (χ1n) is 10.8. The van der Waals surface area contributed by atoms with Gasteiger partial charge in [0, 0.05) is 31.2 Å². The van der Waals surface area contributed by atoms with Gasteiger partial charge in [-0.2, -0.15) is 12.7 Å². The van der Waals surface area contributed by atoms with Gasteiger partial charge in [-0.3, -0.25) is 9.59 Å². The third kappa shape index (κ3) is 7.44. The largest absolute Gasteiger partial charge is 0.350 e. The number of carbonyl (C=O) groups is 2. The van der Waals surface area contributed by atoms with E-state index in [-0.39, 0.29) is 12.5 Å². The van der Waals surface area contributed by atoms with E-state index >= 15 is 0 Å². The number of halogens is 1. The molecule has 10 heteroatoms. The molecule has 2 aromatic rings. The Morgan fingerprint density at radius 3 is 2.06 bits per heavy atom. The normalized spacial score (nSPS) is 12.8. The molecular weight excluding hydrogens is 476 g/mol. The third-order valence-corrected chi connectivity index (χ3v) is 7.07. The number of carbonyl (C=O) groups excluding carboxylic acids is 2. The lowest BCUT2D eigenvalue weighted by atomic mass is 10.1. The summed E-state index contributed by atoms with van der Waals surface area (Å²) < 4.78 is 28.2. The van der Waals surface area contributed by atoms with Crippen LogP contribution in [0, 0.1) is 0 Å². The van der Waals surface area contributed by atoms with Crippen LogP contribution in [0.5, 0.6) is 0 Å². The van der Waals surface area contributed by atoms with Crippen molar-refractivity contribution >= 4 is 39.3 Å². The zero-order chi connectivity index (χ0) is 25.7. The van der Waals surface area contributed by atoms with Gasteiger partial charge in [0.05, 0.1) is 5.69 Å². The van der Waals surface area contributed by atoms with E-state index in [4.69, 9.17) is 11.6 Å². The minimum absolute atomic E-state index is 0.110. The number of nitrogens with zero attached hydrogens (tertiary/aromatic N) is 3. The summed E-state index contributed by atoms with van der Waals surface area (Å²) in [7, 11) is -1.17. The fraction of sp³-hybridized carbons (Fsp3) is 0.417. The molecule has 8 nitrogen and oxygen atoms in total. The van der Waals surface area contributed by atoms with Crippen molar-refractivity contribution in [3.63, 3.8) is 0 Å². The summed E-state index contributed by atoms with van der Waals surface area (Å²) in [6.45, 7) is 6.82. The van der Waals surface area contributed by atoms with Gasteiger partial charge in [0.25, 0.3) is 0 Å². The summed E-state index contributed by atoms with van der Waals surface area (Å²) in [6.07, 6.45) is 0. The van der Waals surface area contributed by atoms with Crippen LogP contribution in [0.3, 0.4) is 0 Å². The summed E-state index contributed by atoms with van der Waals surface area (Å²) in [5.41, 5.74) is 0.614. The van der Waals surface area contributed by atoms with Gasteiger partial charge in [-0.25, -0.2) is 4.31 Å². The number of para-hydroxylation sites is 1. The number of hydrogen-bond acceptors (Lipinski definition) is 4. The smallest absolute Gasteiger partial charge is 0.304 e. The highest BCUT2D eigenvalue weighted by molar-refractivity contribution is 7.90. The first-order valence-corrected chi connectivity index (χ1v) is 12.6. The molecule has 0 heterocycles. The second-order valence-corrected chi connectivity index (χ2v) is 11.7. The molecule has 0 radical (unpaired) electrons. The van der Waals surface area contributed by atoms with Crippen LogP contribution in [0.4, 0.5) is 5.69 Å². The molecule has 0 spiro atoms. The summed E-state index contributed by atoms with van der Waals surface area (Å²) in [4.78, 5) is 27.9. The summed E-state index contributed by atoms with van der Waals surface area (Å²) in [6, 6.07) is 14.5. The topological polar surface area (TPSA) is 90.0 Å². The summed E-state index contributed by atoms with van der Waals surface area (Å²) in [5, 5.41) is 3.44. The molecule has 0 aliphatic carbocycles. The number of amides is 2. The molecule has 0 aromatic heterocycles. The van der Waals surface area contributed by atoms with Crippen molar-refractivity contribution in [1.82, 2.24) is 14.5 Å². The Labute approximate surface area is 207 Å². The second-order valence-electron chi connectivity index (χ2n) is 9.20. The molecule has 1 atom stereocenters. The van der Waals surface area contributed by atoms with Crippen molar-refractivity contribution in [2.45, 2.75) is 45.8 Å². The molecular formula is C24H33ClN4O4S. The van der Waals surface area contributed by atoms with Gasteiger partial charge in [-0.05, 0) is 57.5 Å². The van der Waals surface area contributed by atoms with E-state index in [0.29, 0.717) is 10.7 Å². The Balaban J connectivity index is 2.43. The molecule has 0 unspecified atom stereocenters. The Morgan fingerprint density at radius 1 is 1.00 bits per heavy atom. The summed E-state index contributed by atoms with van der Waals surface area (Å²) in [5.74, 6) is -0.850. The van der Waals surface area contributed by atoms with E-state index in [1.165, 1.54) is 19.0 Å². The fourth-order valence-electron chi connectivity index (χ4n) is 3.15. The van der Waals surface area contributed by atoms with E-state index in [9.17, 15) is 18.0 Å². The lowest BCUT2D eigenvalue weighted by Crippen LogP contribution is -2.54. The molecule has 1 N–H and O–H groups in total. The molecule has 2 aromatic carbocycles. The SMILES string of the molecule is C[C@H](C(=O)NC(C)(C)C)N(Cc1ccc(Cl)cc1)C(=O)CN(c1ccccc1)S(=O)(=O)N(C)C. The van der Waals surface area contributed by atoms with Crippen LogP contribution in [0.2, 0.25) is 5.02 Å². The van der Waals surface area contributed by atoms with Gasteiger partial charge in [0.1, 0.15) is 12.6 Å². The van der Waals surface area contributed by atoms with Gasteiger partial charge in [-0.1, -0.05) is 41.9 Å². The Hall–Kier alpha value is -2.62. The van der Waals surface area contributed by atoms with Gasteiger partial charge in [0.15, 0.2) is 0 Å². The van der Waals surface area contributed by atoms with E-state index in [1.807, 2.05) is 20.8 Å². The third-order valence-electron chi connectivity index (χ3n) is 4.99. The van der Waals surface area contributed by atoms with E-state index < -0.39 is 34.2 Å². The van der Waals surface area contributed by atoms with Crippen LogP contribution in [-0.4, -0.2) is 61.7 Å². The van der Waals surface area contributed by atoms with Crippen molar-refractivity contribution in [3.05, 3.63) is 65.2 Å². The van der Waals surface area contributed by atoms with E-state index in [2.05, 4.69) is 5.32 Å². The maximum Gasteiger partial charge on any atom is 0.304 e. The minimum atomic E-state index is -3.97. The van der Waals surface area contributed by atoms with Gasteiger partial charge in [-0.15, -0.1) is 0 Å². The minimum Gasteiger partial charge on any atom is -0.350 e. The predicted octanol–water partition coefficient (Wildman–Crippen LogP) is 3.28. The lowest BCUT2D eigenvalue weighted by molar-refractivity contribution is -0.140. The zero-order valence-electron chi connectivity index (χ0n) is 20.4. The fourth-order valence-corrected chi connectivity index (χ4v) is 4.34. The standard InChI is InChI=1S/C24H33ClN4O4S/c1-18(23(31)26-24(2,3)4)28(16-19-12-14-20(25)15-13-19)22(30)17-29(34(32,33)27(5)6)21-10-8-7-9-11-21/h7-15,18H,16-17H2,1-6H3,(H,26,31)/t18-/m1/s1. The van der Waals surface area contributed by atoms with Crippen LogP contribution >= 0.6 is 11.6 Å². The molecule has 34 heavy (non-hydrogen) atoms. The predicted molar refractivity (Wildman–Crippen MR) is 136 cm³/mol. The van der Waals surface area contributed by atoms with Crippen LogP contribution in [0.15, 0.2) is 54.6 Å². The molecule has 2 amide bonds. The highest BCUT2D eigenvalue weighted by atomic mass is 35.5. The van der Waals surface area contributed by atoms with Crippen LogP contribution in [-0.2, 0) is 26.3 Å². The highest BCUT2D eigenvalue weighted by Crippen LogP contribution is 2.21. The Morgan fingerprint density at radius 2 is 1.56 bits per heavy atom. The maximum atomic E-state index is 13.6. The number of hydrogen-bond donors (Lipinski definition) is 1. The van der Waals surface area contributed by atoms with Crippen LogP contribution < -0.4 is 9.62 Å². The Kier molecular flexibility index (Phi) is 9.10. The van der Waals surface area contributed by atoms with Crippen molar-refractivity contribution in [2.75, 3.05) is 24.9 Å². The molecule has 186 valence electrons. The summed E-state index contributed by atoms with van der Waals surface area (Å²) >= 11 is 5.99. The molecule has 2 rings (SSSR count). The van der Waals surface area contributed by atoms with Crippen molar-refractivity contribution in [2.24, 2.45) is 0 Å². The molecule has 0 saturated carbocycles. The molecule has 0 bridgehead atoms. The van der Waals surface area contributed by atoms with Gasteiger partial charge < -0.3 is 10.2 Å².